The summed E-state index contributed by atoms with van der Waals surface area (Å²) in [6.07, 6.45) is 2.55. The fraction of sp³-hybridized carbons (Fsp3) is 0.300. The molecule has 24 heavy (non-hydrogen) atoms. The fourth-order valence-electron chi connectivity index (χ4n) is 3.50. The fourth-order valence-corrected chi connectivity index (χ4v) is 5.24. The third-order valence-electron chi connectivity index (χ3n) is 4.58. The highest BCUT2D eigenvalue weighted by Gasteiger charge is 2.36. The van der Waals surface area contributed by atoms with E-state index in [-0.39, 0.29) is 23.6 Å². The van der Waals surface area contributed by atoms with Crippen LogP contribution in [0.15, 0.2) is 73.3 Å². The predicted molar refractivity (Wildman–Crippen MR) is 98.7 cm³/mol. The molecule has 1 atom stereocenters. The summed E-state index contributed by atoms with van der Waals surface area (Å²) >= 11 is 0. The number of nitrogens with zero attached hydrogens (tertiary/aromatic N) is 1. The van der Waals surface area contributed by atoms with Crippen LogP contribution < -0.4 is 0 Å². The van der Waals surface area contributed by atoms with Crippen molar-refractivity contribution in [2.75, 3.05) is 18.1 Å². The molecule has 3 nitrogen and oxygen atoms in total. The molecular formula is C20H23NO2S. The number of hydrogen-bond acceptors (Lipinski definition) is 3. The Bertz CT molecular complexity index is 732. The van der Waals surface area contributed by atoms with Gasteiger partial charge in [0.1, 0.15) is 0 Å². The van der Waals surface area contributed by atoms with Crippen molar-refractivity contribution in [3.63, 3.8) is 0 Å². The molecule has 0 N–H and O–H groups in total. The summed E-state index contributed by atoms with van der Waals surface area (Å²) in [5.41, 5.74) is 2.35. The first-order valence-electron chi connectivity index (χ1n) is 8.28. The van der Waals surface area contributed by atoms with Crippen LogP contribution in [0.25, 0.3) is 0 Å². The molecule has 1 heterocycles. The van der Waals surface area contributed by atoms with Gasteiger partial charge in [0.05, 0.1) is 17.5 Å². The van der Waals surface area contributed by atoms with E-state index in [9.17, 15) is 8.42 Å². The van der Waals surface area contributed by atoms with Gasteiger partial charge in [-0.25, -0.2) is 8.42 Å². The van der Waals surface area contributed by atoms with Crippen molar-refractivity contribution < 1.29 is 8.42 Å². The number of benzene rings is 2. The number of sulfone groups is 1. The van der Waals surface area contributed by atoms with Crippen LogP contribution in [0.3, 0.4) is 0 Å². The topological polar surface area (TPSA) is 37.4 Å². The van der Waals surface area contributed by atoms with Crippen LogP contribution >= 0.6 is 0 Å². The Morgan fingerprint density at radius 3 is 2.00 bits per heavy atom. The molecule has 0 unspecified atom stereocenters. The molecule has 1 saturated heterocycles. The van der Waals surface area contributed by atoms with E-state index in [1.54, 1.807) is 0 Å². The highest BCUT2D eigenvalue weighted by atomic mass is 32.2. The minimum atomic E-state index is -2.93. The molecule has 2 aromatic rings. The van der Waals surface area contributed by atoms with Crippen LogP contribution in [-0.2, 0) is 9.84 Å². The Kier molecular flexibility index (Phi) is 5.17. The van der Waals surface area contributed by atoms with Crippen LogP contribution in [0.2, 0.25) is 0 Å². The smallest absolute Gasteiger partial charge is 0.151 e. The van der Waals surface area contributed by atoms with Crippen molar-refractivity contribution in [2.45, 2.75) is 18.5 Å². The summed E-state index contributed by atoms with van der Waals surface area (Å²) in [7, 11) is -2.93. The summed E-state index contributed by atoms with van der Waals surface area (Å²) in [5.74, 6) is 0.513. The molecule has 1 fully saturated rings. The lowest BCUT2D eigenvalue weighted by molar-refractivity contribution is 0.190. The van der Waals surface area contributed by atoms with Gasteiger partial charge >= 0.3 is 0 Å². The molecule has 0 bridgehead atoms. The first kappa shape index (κ1) is 16.9. The molecule has 0 saturated carbocycles. The lowest BCUT2D eigenvalue weighted by atomic mass is 9.95. The average Bonchev–Trinajstić information content (AvgIpc) is 2.96. The zero-order chi connectivity index (χ0) is 17.0. The molecule has 2 aromatic carbocycles. The van der Waals surface area contributed by atoms with Crippen molar-refractivity contribution in [2.24, 2.45) is 0 Å². The largest absolute Gasteiger partial charge is 0.285 e. The molecule has 126 valence electrons. The van der Waals surface area contributed by atoms with Crippen LogP contribution in [0, 0.1) is 0 Å². The first-order valence-corrected chi connectivity index (χ1v) is 10.1. The second-order valence-corrected chi connectivity index (χ2v) is 8.49. The maximum absolute atomic E-state index is 12.0. The summed E-state index contributed by atoms with van der Waals surface area (Å²) in [5, 5.41) is 0. The van der Waals surface area contributed by atoms with E-state index in [1.807, 2.05) is 42.5 Å². The van der Waals surface area contributed by atoms with Gasteiger partial charge in [0, 0.05) is 12.6 Å². The van der Waals surface area contributed by atoms with E-state index in [0.717, 1.165) is 0 Å². The van der Waals surface area contributed by atoms with E-state index in [1.165, 1.54) is 11.1 Å². The molecule has 1 aliphatic heterocycles. The third-order valence-corrected chi connectivity index (χ3v) is 6.33. The second-order valence-electron chi connectivity index (χ2n) is 6.27. The zero-order valence-electron chi connectivity index (χ0n) is 13.7. The van der Waals surface area contributed by atoms with Gasteiger partial charge in [-0.05, 0) is 17.5 Å². The van der Waals surface area contributed by atoms with Gasteiger partial charge in [-0.3, -0.25) is 4.90 Å². The van der Waals surface area contributed by atoms with Crippen LogP contribution in [-0.4, -0.2) is 37.4 Å². The molecule has 0 aliphatic carbocycles. The molecule has 0 radical (unpaired) electrons. The van der Waals surface area contributed by atoms with Crippen molar-refractivity contribution >= 4 is 9.84 Å². The highest BCUT2D eigenvalue weighted by molar-refractivity contribution is 7.91. The molecule has 0 spiro atoms. The number of hydrogen-bond donors (Lipinski definition) is 0. The Morgan fingerprint density at radius 2 is 1.58 bits per heavy atom. The minimum absolute atomic E-state index is 0.0263. The molecule has 4 heteroatoms. The Hall–Kier alpha value is -1.91. The van der Waals surface area contributed by atoms with Crippen molar-refractivity contribution in [3.8, 4) is 0 Å². The molecule has 1 aliphatic rings. The zero-order valence-corrected chi connectivity index (χ0v) is 14.5. The van der Waals surface area contributed by atoms with E-state index in [0.29, 0.717) is 13.0 Å². The van der Waals surface area contributed by atoms with Crippen molar-refractivity contribution in [1.82, 2.24) is 4.90 Å². The SMILES string of the molecule is C=CCN(C(c1ccccc1)c1ccccc1)[C@H]1CCS(=O)(=O)C1. The van der Waals surface area contributed by atoms with E-state index < -0.39 is 9.84 Å². The van der Waals surface area contributed by atoms with Crippen LogP contribution in [0.4, 0.5) is 0 Å². The van der Waals surface area contributed by atoms with Crippen molar-refractivity contribution in [3.05, 3.63) is 84.4 Å². The third kappa shape index (κ3) is 3.77. The minimum Gasteiger partial charge on any atom is -0.285 e. The first-order chi connectivity index (χ1) is 11.6. The Balaban J connectivity index is 2.03. The summed E-state index contributed by atoms with van der Waals surface area (Å²) in [6.45, 7) is 4.55. The summed E-state index contributed by atoms with van der Waals surface area (Å²) in [6, 6.07) is 20.6. The van der Waals surface area contributed by atoms with Gasteiger partial charge in [0.25, 0.3) is 0 Å². The lowest BCUT2D eigenvalue weighted by Crippen LogP contribution is -2.40. The van der Waals surface area contributed by atoms with Gasteiger partial charge in [0.15, 0.2) is 9.84 Å². The second kappa shape index (κ2) is 7.32. The van der Waals surface area contributed by atoms with E-state index in [4.69, 9.17) is 0 Å². The van der Waals surface area contributed by atoms with Crippen molar-refractivity contribution in [1.29, 1.82) is 0 Å². The lowest BCUT2D eigenvalue weighted by Gasteiger charge is -2.36. The maximum Gasteiger partial charge on any atom is 0.151 e. The summed E-state index contributed by atoms with van der Waals surface area (Å²) in [4.78, 5) is 2.28. The standard InChI is InChI=1S/C20H23NO2S/c1-2-14-21(19-13-15-24(22,23)16-19)20(17-9-5-3-6-10-17)18-11-7-4-8-12-18/h2-12,19-20H,1,13-16H2/t19-/m0/s1. The average molecular weight is 341 g/mol. The predicted octanol–water partition coefficient (Wildman–Crippen LogP) is 3.45. The Labute approximate surface area is 144 Å². The van der Waals surface area contributed by atoms with Crippen LogP contribution in [0.1, 0.15) is 23.6 Å². The van der Waals surface area contributed by atoms with Gasteiger partial charge in [0.2, 0.25) is 0 Å². The van der Waals surface area contributed by atoms with Gasteiger partial charge < -0.3 is 0 Å². The normalized spacial score (nSPS) is 19.7. The molecule has 0 amide bonds. The van der Waals surface area contributed by atoms with E-state index >= 15 is 0 Å². The summed E-state index contributed by atoms with van der Waals surface area (Å²) < 4.78 is 24.0. The maximum atomic E-state index is 12.0. The van der Waals surface area contributed by atoms with Crippen LogP contribution in [0.5, 0.6) is 0 Å². The number of rotatable bonds is 6. The van der Waals surface area contributed by atoms with Gasteiger partial charge in [-0.2, -0.15) is 0 Å². The monoisotopic (exact) mass is 341 g/mol. The van der Waals surface area contributed by atoms with E-state index in [2.05, 4.69) is 35.7 Å². The van der Waals surface area contributed by atoms with Gasteiger partial charge in [-0.15, -0.1) is 6.58 Å². The van der Waals surface area contributed by atoms with Gasteiger partial charge in [-0.1, -0.05) is 66.7 Å². The molecule has 3 rings (SSSR count). The molecule has 0 aromatic heterocycles. The Morgan fingerprint density at radius 1 is 1.04 bits per heavy atom. The quantitative estimate of drug-likeness (QED) is 0.755. The molecular weight excluding hydrogens is 318 g/mol. The highest BCUT2D eigenvalue weighted by Crippen LogP contribution is 2.33.